The van der Waals surface area contributed by atoms with Gasteiger partial charge in [-0.25, -0.2) is 8.78 Å². The molecule has 0 atom stereocenters. The third kappa shape index (κ3) is 2.40. The first-order valence-electron chi connectivity index (χ1n) is 3.02. The van der Waals surface area contributed by atoms with Crippen LogP contribution in [0, 0.1) is 5.41 Å². The lowest BCUT2D eigenvalue weighted by atomic mass is 9.89. The molecule has 0 aliphatic rings. The van der Waals surface area contributed by atoms with Crippen LogP contribution in [0.3, 0.4) is 0 Å². The first-order valence-corrected chi connectivity index (χ1v) is 3.02. The molecular formula is C6H10F3NO. The lowest BCUT2D eigenvalue weighted by Crippen LogP contribution is -2.32. The smallest absolute Gasteiger partial charge is 0.280 e. The zero-order chi connectivity index (χ0) is 9.07. The number of rotatable bonds is 3. The van der Waals surface area contributed by atoms with E-state index in [1.807, 2.05) is 0 Å². The van der Waals surface area contributed by atoms with Crippen LogP contribution in [-0.4, -0.2) is 24.0 Å². The topological polar surface area (TPSA) is 32.6 Å². The summed E-state index contributed by atoms with van der Waals surface area (Å²) in [5.41, 5.74) is -2.21. The second-order valence-corrected chi connectivity index (χ2v) is 2.80. The molecule has 11 heavy (non-hydrogen) atoms. The van der Waals surface area contributed by atoms with Gasteiger partial charge in [0.1, 0.15) is 12.4 Å². The van der Waals surface area contributed by atoms with Gasteiger partial charge in [0.25, 0.3) is 6.43 Å². The van der Waals surface area contributed by atoms with E-state index in [0.717, 1.165) is 0 Å². The Hall–Kier alpha value is -0.740. The van der Waals surface area contributed by atoms with E-state index in [4.69, 9.17) is 5.21 Å². The number of hydrogen-bond acceptors (Lipinski definition) is 2. The minimum Gasteiger partial charge on any atom is -0.411 e. The van der Waals surface area contributed by atoms with Gasteiger partial charge in [0.15, 0.2) is 0 Å². The monoisotopic (exact) mass is 169 g/mol. The molecule has 1 N–H and O–H groups in total. The number of alkyl halides is 3. The Kier molecular flexibility index (Phi) is 3.35. The molecule has 0 unspecified atom stereocenters. The maximum Gasteiger partial charge on any atom is 0.280 e. The lowest BCUT2D eigenvalue weighted by molar-refractivity contribution is 0.187. The van der Waals surface area contributed by atoms with Gasteiger partial charge in [-0.3, -0.25) is 4.39 Å². The molecule has 0 aliphatic carbocycles. The van der Waals surface area contributed by atoms with E-state index in [1.165, 1.54) is 13.8 Å². The second-order valence-electron chi connectivity index (χ2n) is 2.80. The summed E-state index contributed by atoms with van der Waals surface area (Å²) >= 11 is 0. The molecule has 0 aromatic rings. The summed E-state index contributed by atoms with van der Waals surface area (Å²) in [6.07, 6.45) is -2.91. The number of oxime groups is 1. The Bertz CT molecular complexity index is 156. The van der Waals surface area contributed by atoms with E-state index < -0.39 is 24.2 Å². The summed E-state index contributed by atoms with van der Waals surface area (Å²) in [5.74, 6) is 0. The zero-order valence-electron chi connectivity index (χ0n) is 6.31. The van der Waals surface area contributed by atoms with E-state index in [2.05, 4.69) is 5.16 Å². The largest absolute Gasteiger partial charge is 0.411 e. The van der Waals surface area contributed by atoms with Crippen LogP contribution in [0.5, 0.6) is 0 Å². The fourth-order valence-electron chi connectivity index (χ4n) is 0.543. The fourth-order valence-corrected chi connectivity index (χ4v) is 0.543. The van der Waals surface area contributed by atoms with Crippen molar-refractivity contribution in [1.29, 1.82) is 0 Å². The minimum atomic E-state index is -2.91. The van der Waals surface area contributed by atoms with Crippen LogP contribution in [0.15, 0.2) is 5.16 Å². The van der Waals surface area contributed by atoms with Crippen molar-refractivity contribution < 1.29 is 18.4 Å². The molecule has 0 heterocycles. The highest BCUT2D eigenvalue weighted by atomic mass is 19.3. The molecule has 0 bridgehead atoms. The molecule has 0 amide bonds. The van der Waals surface area contributed by atoms with E-state index in [-0.39, 0.29) is 0 Å². The Morgan fingerprint density at radius 2 is 2.00 bits per heavy atom. The van der Waals surface area contributed by atoms with Crippen molar-refractivity contribution in [3.63, 3.8) is 0 Å². The van der Waals surface area contributed by atoms with Gasteiger partial charge >= 0.3 is 0 Å². The quantitative estimate of drug-likeness (QED) is 0.391. The number of halogens is 3. The van der Waals surface area contributed by atoms with Crippen LogP contribution in [0.1, 0.15) is 13.8 Å². The van der Waals surface area contributed by atoms with Crippen molar-refractivity contribution in [1.82, 2.24) is 0 Å². The minimum absolute atomic E-state index is 0.819. The van der Waals surface area contributed by atoms with Gasteiger partial charge in [0, 0.05) is 5.41 Å². The van der Waals surface area contributed by atoms with Crippen LogP contribution in [0.4, 0.5) is 13.2 Å². The van der Waals surface area contributed by atoms with Crippen molar-refractivity contribution in [3.05, 3.63) is 0 Å². The van der Waals surface area contributed by atoms with Gasteiger partial charge in [0.05, 0.1) is 0 Å². The fraction of sp³-hybridized carbons (Fsp3) is 0.833. The zero-order valence-corrected chi connectivity index (χ0v) is 6.31. The van der Waals surface area contributed by atoms with Gasteiger partial charge in [0.2, 0.25) is 0 Å². The molecule has 0 aromatic carbocycles. The average molecular weight is 169 g/mol. The summed E-state index contributed by atoms with van der Waals surface area (Å²) in [7, 11) is 0. The highest BCUT2D eigenvalue weighted by Crippen LogP contribution is 2.22. The third-order valence-electron chi connectivity index (χ3n) is 1.34. The van der Waals surface area contributed by atoms with Crippen LogP contribution >= 0.6 is 0 Å². The Balaban J connectivity index is 4.52. The maximum atomic E-state index is 12.0. The van der Waals surface area contributed by atoms with Crippen molar-refractivity contribution >= 4 is 5.71 Å². The first kappa shape index (κ1) is 10.3. The average Bonchev–Trinajstić information content (AvgIpc) is 1.88. The second kappa shape index (κ2) is 3.59. The normalized spacial score (nSPS) is 14.2. The first-order chi connectivity index (χ1) is 4.95. The van der Waals surface area contributed by atoms with E-state index in [9.17, 15) is 13.2 Å². The van der Waals surface area contributed by atoms with Gasteiger partial charge < -0.3 is 5.21 Å². The summed E-state index contributed by atoms with van der Waals surface area (Å²) in [6, 6.07) is 0. The standard InChI is InChI=1S/C6H10F3NO/c1-6(2,3-7)4(10-11)5(8)9/h5,11H,3H2,1-2H3/b10-4-. The predicted molar refractivity (Wildman–Crippen MR) is 35.0 cm³/mol. The van der Waals surface area contributed by atoms with Crippen LogP contribution in [-0.2, 0) is 0 Å². The molecule has 0 rings (SSSR count). The summed E-state index contributed by atoms with van der Waals surface area (Å²) in [4.78, 5) is 0. The van der Waals surface area contributed by atoms with E-state index in [1.54, 1.807) is 0 Å². The third-order valence-corrected chi connectivity index (χ3v) is 1.34. The van der Waals surface area contributed by atoms with Crippen LogP contribution in [0.2, 0.25) is 0 Å². The van der Waals surface area contributed by atoms with Gasteiger partial charge in [-0.15, -0.1) is 0 Å². The van der Waals surface area contributed by atoms with Crippen molar-refractivity contribution in [2.24, 2.45) is 10.6 Å². The van der Waals surface area contributed by atoms with Crippen molar-refractivity contribution in [3.8, 4) is 0 Å². The summed E-state index contributed by atoms with van der Waals surface area (Å²) in [6.45, 7) is 1.51. The SMILES string of the molecule is CC(C)(CF)/C(=N\O)C(F)F. The summed E-state index contributed by atoms with van der Waals surface area (Å²) < 4.78 is 35.9. The molecular weight excluding hydrogens is 159 g/mol. The number of hydrogen-bond donors (Lipinski definition) is 1. The van der Waals surface area contributed by atoms with Crippen LogP contribution < -0.4 is 0 Å². The van der Waals surface area contributed by atoms with E-state index >= 15 is 0 Å². The predicted octanol–water partition coefficient (Wildman–Crippen LogP) is 2.08. The highest BCUT2D eigenvalue weighted by molar-refractivity contribution is 5.91. The van der Waals surface area contributed by atoms with E-state index in [0.29, 0.717) is 0 Å². The van der Waals surface area contributed by atoms with Gasteiger partial charge in [-0.1, -0.05) is 19.0 Å². The molecule has 0 radical (unpaired) electrons. The molecule has 0 saturated heterocycles. The maximum absolute atomic E-state index is 12.0. The van der Waals surface area contributed by atoms with Crippen LogP contribution in [0.25, 0.3) is 0 Å². The Morgan fingerprint density at radius 1 is 1.55 bits per heavy atom. The number of nitrogens with zero attached hydrogens (tertiary/aromatic N) is 1. The van der Waals surface area contributed by atoms with Gasteiger partial charge in [-0.05, 0) is 0 Å². The Morgan fingerprint density at radius 3 is 2.09 bits per heavy atom. The summed E-state index contributed by atoms with van der Waals surface area (Å²) in [5, 5.41) is 10.5. The molecule has 0 saturated carbocycles. The van der Waals surface area contributed by atoms with Gasteiger partial charge in [-0.2, -0.15) is 0 Å². The highest BCUT2D eigenvalue weighted by Gasteiger charge is 2.32. The lowest BCUT2D eigenvalue weighted by Gasteiger charge is -2.20. The molecule has 0 fully saturated rings. The molecule has 0 aromatic heterocycles. The Labute approximate surface area is 62.7 Å². The molecule has 66 valence electrons. The molecule has 5 heteroatoms. The molecule has 2 nitrogen and oxygen atoms in total. The molecule has 0 aliphatic heterocycles. The van der Waals surface area contributed by atoms with Crippen molar-refractivity contribution in [2.75, 3.05) is 6.67 Å². The molecule has 0 spiro atoms. The van der Waals surface area contributed by atoms with Crippen molar-refractivity contribution in [2.45, 2.75) is 20.3 Å².